The molecule has 2 N–H and O–H groups in total. The van der Waals surface area contributed by atoms with Crippen LogP contribution in [0, 0.1) is 5.92 Å². The lowest BCUT2D eigenvalue weighted by Gasteiger charge is -2.31. The van der Waals surface area contributed by atoms with Gasteiger partial charge in [-0.2, -0.15) is 0 Å². The predicted octanol–water partition coefficient (Wildman–Crippen LogP) is 1.70. The molecule has 0 radical (unpaired) electrons. The van der Waals surface area contributed by atoms with E-state index in [0.717, 1.165) is 0 Å². The third kappa shape index (κ3) is 2.09. The molecule has 0 bridgehead atoms. The molecular weight excluding hydrogens is 336 g/mol. The van der Waals surface area contributed by atoms with Crippen molar-refractivity contribution in [2.45, 2.75) is 12.5 Å². The number of rotatable bonds is 2. The highest BCUT2D eigenvalue weighted by Gasteiger charge is 2.41. The quantitative estimate of drug-likeness (QED) is 0.728. The minimum Gasteiger partial charge on any atom is -0.496 e. The van der Waals surface area contributed by atoms with Gasteiger partial charge in [-0.1, -0.05) is 18.2 Å². The van der Waals surface area contributed by atoms with E-state index in [2.05, 4.69) is 0 Å². The molecule has 2 aliphatic rings. The number of ether oxygens (including phenoxy) is 1. The Morgan fingerprint density at radius 3 is 2.38 bits per heavy atom. The molecule has 132 valence electrons. The summed E-state index contributed by atoms with van der Waals surface area (Å²) in [5, 5.41) is 19.8. The molecule has 0 heterocycles. The lowest BCUT2D eigenvalue weighted by Crippen LogP contribution is -2.32. The highest BCUT2D eigenvalue weighted by molar-refractivity contribution is 6.32. The first-order valence-corrected chi connectivity index (χ1v) is 8.25. The van der Waals surface area contributed by atoms with Gasteiger partial charge in [-0.05, 0) is 17.7 Å². The number of ketones is 3. The van der Waals surface area contributed by atoms with Gasteiger partial charge in [0.05, 0.1) is 18.8 Å². The maximum Gasteiger partial charge on any atom is 0.198 e. The van der Waals surface area contributed by atoms with Gasteiger partial charge in [0, 0.05) is 41.2 Å². The average molecular weight is 352 g/mol. The third-order valence-electron chi connectivity index (χ3n) is 5.15. The molecule has 6 heteroatoms. The van der Waals surface area contributed by atoms with E-state index in [-0.39, 0.29) is 58.0 Å². The van der Waals surface area contributed by atoms with Gasteiger partial charge in [0.15, 0.2) is 17.3 Å². The van der Waals surface area contributed by atoms with Crippen LogP contribution in [-0.2, 0) is 0 Å². The van der Waals surface area contributed by atoms with Crippen molar-refractivity contribution < 1.29 is 29.3 Å². The summed E-state index contributed by atoms with van der Waals surface area (Å²) in [5.41, 5.74) is 0.909. The molecule has 0 amide bonds. The lowest BCUT2D eigenvalue weighted by molar-refractivity contribution is 0.0474. The van der Waals surface area contributed by atoms with Gasteiger partial charge in [0.2, 0.25) is 0 Å². The highest BCUT2D eigenvalue weighted by atomic mass is 16.5. The highest BCUT2D eigenvalue weighted by Crippen LogP contribution is 2.41. The van der Waals surface area contributed by atoms with Gasteiger partial charge < -0.3 is 14.9 Å². The van der Waals surface area contributed by atoms with Gasteiger partial charge in [-0.15, -0.1) is 0 Å². The summed E-state index contributed by atoms with van der Waals surface area (Å²) in [4.78, 5) is 38.7. The Labute approximate surface area is 149 Å². The average Bonchev–Trinajstić information content (AvgIpc) is 2.67. The van der Waals surface area contributed by atoms with Gasteiger partial charge in [-0.25, -0.2) is 0 Å². The second-order valence-corrected chi connectivity index (χ2v) is 6.51. The van der Waals surface area contributed by atoms with Crippen molar-refractivity contribution in [1.82, 2.24) is 0 Å². The normalized spacial score (nSPS) is 21.1. The van der Waals surface area contributed by atoms with E-state index in [0.29, 0.717) is 5.75 Å². The lowest BCUT2D eigenvalue weighted by atomic mass is 9.73. The summed E-state index contributed by atoms with van der Waals surface area (Å²) in [6, 6.07) is 7.70. The van der Waals surface area contributed by atoms with Gasteiger partial charge in [0.1, 0.15) is 5.75 Å². The number of carbonyl (C=O) groups excluding carboxylic acids is 3. The zero-order chi connectivity index (χ0) is 18.6. The van der Waals surface area contributed by atoms with E-state index in [1.165, 1.54) is 25.3 Å². The molecule has 0 saturated heterocycles. The van der Waals surface area contributed by atoms with Crippen LogP contribution < -0.4 is 4.74 Å². The van der Waals surface area contributed by atoms with E-state index in [4.69, 9.17) is 4.74 Å². The summed E-state index contributed by atoms with van der Waals surface area (Å²) in [6.45, 7) is -0.337. The molecule has 0 fully saturated rings. The molecule has 6 nitrogen and oxygen atoms in total. The number of carbonyl (C=O) groups is 3. The number of hydrogen-bond donors (Lipinski definition) is 2. The Kier molecular flexibility index (Phi) is 3.75. The molecular formula is C20H16O6. The summed E-state index contributed by atoms with van der Waals surface area (Å²) in [5.74, 6) is -1.49. The number of methoxy groups -OCH3 is 1. The minimum absolute atomic E-state index is 0.0358. The van der Waals surface area contributed by atoms with E-state index in [1.807, 2.05) is 0 Å². The summed E-state index contributed by atoms with van der Waals surface area (Å²) < 4.78 is 5.22. The van der Waals surface area contributed by atoms with Crippen LogP contribution in [0.15, 0.2) is 30.3 Å². The van der Waals surface area contributed by atoms with Gasteiger partial charge in [-0.3, -0.25) is 14.4 Å². The van der Waals surface area contributed by atoms with Crippen LogP contribution in [-0.4, -0.2) is 41.3 Å². The van der Waals surface area contributed by atoms with Crippen molar-refractivity contribution in [2.24, 2.45) is 5.92 Å². The predicted molar refractivity (Wildman–Crippen MR) is 90.8 cm³/mol. The zero-order valence-electron chi connectivity index (χ0n) is 14.0. The fourth-order valence-corrected chi connectivity index (χ4v) is 3.85. The SMILES string of the molecule is COc1cccc2c1C(=O)c1ccc3c(c1C2=O)C(=O)C[C@@H](CO)[C@@H]3O. The fourth-order valence-electron chi connectivity index (χ4n) is 3.85. The summed E-state index contributed by atoms with van der Waals surface area (Å²) in [6.07, 6.45) is -1.14. The first-order valence-electron chi connectivity index (χ1n) is 8.25. The molecule has 2 aromatic carbocycles. The van der Waals surface area contributed by atoms with Crippen molar-refractivity contribution in [2.75, 3.05) is 13.7 Å². The number of benzene rings is 2. The van der Waals surface area contributed by atoms with Crippen molar-refractivity contribution >= 4 is 17.3 Å². The minimum atomic E-state index is -1.06. The van der Waals surface area contributed by atoms with Crippen molar-refractivity contribution in [3.05, 3.63) is 63.7 Å². The number of Topliss-reactive ketones (excluding diaryl/α,β-unsaturated/α-hetero) is 1. The van der Waals surface area contributed by atoms with Crippen molar-refractivity contribution in [3.63, 3.8) is 0 Å². The molecule has 0 aromatic heterocycles. The maximum absolute atomic E-state index is 13.1. The van der Waals surface area contributed by atoms with Gasteiger partial charge in [0.25, 0.3) is 0 Å². The Balaban J connectivity index is 1.99. The second kappa shape index (κ2) is 5.86. The Hall–Kier alpha value is -2.83. The van der Waals surface area contributed by atoms with E-state index in [1.54, 1.807) is 12.1 Å². The number of fused-ring (bicyclic) bond motifs is 4. The fraction of sp³-hybridized carbons (Fsp3) is 0.250. The molecule has 26 heavy (non-hydrogen) atoms. The Bertz CT molecular complexity index is 975. The monoisotopic (exact) mass is 352 g/mol. The summed E-state index contributed by atoms with van der Waals surface area (Å²) >= 11 is 0. The van der Waals surface area contributed by atoms with Crippen LogP contribution in [0.1, 0.15) is 60.3 Å². The van der Waals surface area contributed by atoms with Crippen LogP contribution in [0.3, 0.4) is 0 Å². The van der Waals surface area contributed by atoms with Crippen LogP contribution in [0.4, 0.5) is 0 Å². The largest absolute Gasteiger partial charge is 0.496 e. The topological polar surface area (TPSA) is 101 Å². The molecule has 2 atom stereocenters. The van der Waals surface area contributed by atoms with E-state index in [9.17, 15) is 24.6 Å². The Morgan fingerprint density at radius 1 is 1.00 bits per heavy atom. The molecule has 4 rings (SSSR count). The molecule has 2 aromatic rings. The smallest absolute Gasteiger partial charge is 0.198 e. The van der Waals surface area contributed by atoms with Crippen LogP contribution in [0.2, 0.25) is 0 Å². The van der Waals surface area contributed by atoms with Crippen LogP contribution >= 0.6 is 0 Å². The molecule has 0 unspecified atom stereocenters. The second-order valence-electron chi connectivity index (χ2n) is 6.51. The Morgan fingerprint density at radius 2 is 1.69 bits per heavy atom. The van der Waals surface area contributed by atoms with Gasteiger partial charge >= 0.3 is 0 Å². The third-order valence-corrected chi connectivity index (χ3v) is 5.15. The number of hydrogen-bond acceptors (Lipinski definition) is 6. The van der Waals surface area contributed by atoms with Crippen molar-refractivity contribution in [1.29, 1.82) is 0 Å². The number of aliphatic hydroxyl groups is 2. The first kappa shape index (κ1) is 16.6. The van der Waals surface area contributed by atoms with E-state index < -0.39 is 17.8 Å². The standard InChI is InChI=1S/C20H16O6/c1-26-14-4-2-3-10-16(14)19(24)12-6-5-11-15(17(12)20(10)25)13(22)7-9(8-21)18(11)23/h2-6,9,18,21,23H,7-8H2,1H3/t9-,18-/m0/s1. The van der Waals surface area contributed by atoms with E-state index >= 15 is 0 Å². The molecule has 0 saturated carbocycles. The van der Waals surface area contributed by atoms with Crippen LogP contribution in [0.25, 0.3) is 0 Å². The number of aliphatic hydroxyl groups excluding tert-OH is 2. The zero-order valence-corrected chi connectivity index (χ0v) is 14.0. The maximum atomic E-state index is 13.1. The molecule has 0 aliphatic heterocycles. The molecule has 0 spiro atoms. The summed E-state index contributed by atoms with van der Waals surface area (Å²) in [7, 11) is 1.42. The molecule has 2 aliphatic carbocycles. The van der Waals surface area contributed by atoms with Crippen molar-refractivity contribution in [3.8, 4) is 5.75 Å². The van der Waals surface area contributed by atoms with Crippen LogP contribution in [0.5, 0.6) is 5.75 Å². The first-order chi connectivity index (χ1) is 12.5.